The molecule has 0 saturated heterocycles. The minimum atomic E-state index is -2.47. The molecule has 0 aliphatic rings. The summed E-state index contributed by atoms with van der Waals surface area (Å²) in [6.45, 7) is -0.492. The molecule has 2 aromatic heterocycles. The van der Waals surface area contributed by atoms with Gasteiger partial charge in [0, 0.05) is 17.1 Å². The highest BCUT2D eigenvalue weighted by Gasteiger charge is 2.10. The summed E-state index contributed by atoms with van der Waals surface area (Å²) >= 11 is 0. The second-order valence-electron chi connectivity index (χ2n) is 4.40. The van der Waals surface area contributed by atoms with Crippen molar-refractivity contribution in [1.29, 1.82) is 0 Å². The molecular formula is C13H12F2N6. The Kier molecular flexibility index (Phi) is 3.35. The van der Waals surface area contributed by atoms with Crippen LogP contribution >= 0.6 is 0 Å². The minimum Gasteiger partial charge on any atom is -0.368 e. The Labute approximate surface area is 118 Å². The van der Waals surface area contributed by atoms with Crippen molar-refractivity contribution in [3.8, 4) is 11.3 Å². The molecular weight excluding hydrogens is 278 g/mol. The molecule has 0 bridgehead atoms. The average molecular weight is 290 g/mol. The van der Waals surface area contributed by atoms with Crippen LogP contribution in [0.15, 0.2) is 30.5 Å². The Morgan fingerprint density at radius 3 is 2.81 bits per heavy atom. The molecule has 108 valence electrons. The Morgan fingerprint density at radius 2 is 2.10 bits per heavy atom. The number of alkyl halides is 2. The van der Waals surface area contributed by atoms with Gasteiger partial charge < -0.3 is 11.1 Å². The SMILES string of the molecule is Nc1nc(NCC(F)F)c2ccc(-c3ccn[nH]3)cc2n1. The van der Waals surface area contributed by atoms with E-state index in [1.807, 2.05) is 12.1 Å². The maximum absolute atomic E-state index is 12.3. The van der Waals surface area contributed by atoms with Gasteiger partial charge in [0.25, 0.3) is 6.43 Å². The quantitative estimate of drug-likeness (QED) is 0.685. The number of nitrogen functional groups attached to an aromatic ring is 1. The topological polar surface area (TPSA) is 92.5 Å². The first-order chi connectivity index (χ1) is 10.1. The highest BCUT2D eigenvalue weighted by atomic mass is 19.3. The first-order valence-electron chi connectivity index (χ1n) is 6.22. The van der Waals surface area contributed by atoms with Crippen LogP contribution in [-0.2, 0) is 0 Å². The van der Waals surface area contributed by atoms with E-state index in [9.17, 15) is 8.78 Å². The minimum absolute atomic E-state index is 0.0287. The van der Waals surface area contributed by atoms with E-state index in [0.29, 0.717) is 16.7 Å². The van der Waals surface area contributed by atoms with Crippen LogP contribution in [0.25, 0.3) is 22.2 Å². The van der Waals surface area contributed by atoms with Gasteiger partial charge in [-0.3, -0.25) is 5.10 Å². The van der Waals surface area contributed by atoms with Gasteiger partial charge in [-0.15, -0.1) is 0 Å². The number of hydrogen-bond donors (Lipinski definition) is 3. The third-order valence-electron chi connectivity index (χ3n) is 2.95. The van der Waals surface area contributed by atoms with Gasteiger partial charge in [0.2, 0.25) is 5.95 Å². The van der Waals surface area contributed by atoms with Crippen molar-refractivity contribution in [3.05, 3.63) is 30.5 Å². The van der Waals surface area contributed by atoms with Crippen molar-refractivity contribution in [2.45, 2.75) is 6.43 Å². The fourth-order valence-corrected chi connectivity index (χ4v) is 2.04. The molecule has 6 nitrogen and oxygen atoms in total. The summed E-state index contributed by atoms with van der Waals surface area (Å²) in [7, 11) is 0. The molecule has 2 heterocycles. The molecule has 3 rings (SSSR count). The van der Waals surface area contributed by atoms with Crippen LogP contribution < -0.4 is 11.1 Å². The van der Waals surface area contributed by atoms with Gasteiger partial charge in [-0.25, -0.2) is 13.8 Å². The fraction of sp³-hybridized carbons (Fsp3) is 0.154. The molecule has 4 N–H and O–H groups in total. The zero-order valence-electron chi connectivity index (χ0n) is 10.8. The van der Waals surface area contributed by atoms with E-state index in [1.165, 1.54) is 0 Å². The Balaban J connectivity index is 2.05. The third-order valence-corrected chi connectivity index (χ3v) is 2.95. The number of halogens is 2. The molecule has 1 aromatic carbocycles. The molecule has 0 amide bonds. The lowest BCUT2D eigenvalue weighted by Crippen LogP contribution is -2.12. The van der Waals surface area contributed by atoms with Crippen LogP contribution in [0.3, 0.4) is 0 Å². The number of anilines is 2. The van der Waals surface area contributed by atoms with Gasteiger partial charge in [-0.2, -0.15) is 10.1 Å². The number of nitrogens with one attached hydrogen (secondary N) is 2. The lowest BCUT2D eigenvalue weighted by molar-refractivity contribution is 0.163. The summed E-state index contributed by atoms with van der Waals surface area (Å²) in [6.07, 6.45) is -0.829. The summed E-state index contributed by atoms with van der Waals surface area (Å²) in [5.41, 5.74) is 7.91. The summed E-state index contributed by atoms with van der Waals surface area (Å²) in [4.78, 5) is 8.11. The van der Waals surface area contributed by atoms with E-state index in [2.05, 4.69) is 25.5 Å². The number of benzene rings is 1. The Hall–Kier alpha value is -2.77. The predicted molar refractivity (Wildman–Crippen MR) is 76.0 cm³/mol. The van der Waals surface area contributed by atoms with Crippen molar-refractivity contribution in [2.24, 2.45) is 0 Å². The smallest absolute Gasteiger partial charge is 0.255 e. The number of hydrogen-bond acceptors (Lipinski definition) is 5. The molecule has 0 atom stereocenters. The number of fused-ring (bicyclic) bond motifs is 1. The molecule has 21 heavy (non-hydrogen) atoms. The number of nitrogens with two attached hydrogens (primary N) is 1. The second-order valence-corrected chi connectivity index (χ2v) is 4.40. The van der Waals surface area contributed by atoms with E-state index >= 15 is 0 Å². The zero-order valence-corrected chi connectivity index (χ0v) is 10.8. The maximum Gasteiger partial charge on any atom is 0.255 e. The number of aromatic nitrogens is 4. The van der Waals surface area contributed by atoms with Crippen LogP contribution in [0.2, 0.25) is 0 Å². The lowest BCUT2D eigenvalue weighted by Gasteiger charge is -2.09. The predicted octanol–water partition coefficient (Wildman–Crippen LogP) is 2.28. The largest absolute Gasteiger partial charge is 0.368 e. The molecule has 0 fully saturated rings. The van der Waals surface area contributed by atoms with Crippen molar-refractivity contribution in [1.82, 2.24) is 20.2 Å². The van der Waals surface area contributed by atoms with E-state index < -0.39 is 13.0 Å². The molecule has 8 heteroatoms. The van der Waals surface area contributed by atoms with Crippen LogP contribution in [0, 0.1) is 0 Å². The van der Waals surface area contributed by atoms with Crippen molar-refractivity contribution < 1.29 is 8.78 Å². The molecule has 0 saturated carbocycles. The van der Waals surface area contributed by atoms with Crippen molar-refractivity contribution in [3.63, 3.8) is 0 Å². The summed E-state index contributed by atoms with van der Waals surface area (Å²) in [5.74, 6) is 0.329. The summed E-state index contributed by atoms with van der Waals surface area (Å²) < 4.78 is 24.6. The first kappa shape index (κ1) is 13.2. The molecule has 0 aliphatic carbocycles. The zero-order chi connectivity index (χ0) is 14.8. The van der Waals surface area contributed by atoms with E-state index in [-0.39, 0.29) is 5.95 Å². The summed E-state index contributed by atoms with van der Waals surface area (Å²) in [6, 6.07) is 7.22. The van der Waals surface area contributed by atoms with Gasteiger partial charge >= 0.3 is 0 Å². The van der Waals surface area contributed by atoms with Crippen LogP contribution in [0.5, 0.6) is 0 Å². The van der Waals surface area contributed by atoms with E-state index in [4.69, 9.17) is 5.73 Å². The van der Waals surface area contributed by atoms with Gasteiger partial charge in [0.15, 0.2) is 0 Å². The number of rotatable bonds is 4. The van der Waals surface area contributed by atoms with Gasteiger partial charge in [0.05, 0.1) is 17.8 Å². The molecule has 0 spiro atoms. The summed E-state index contributed by atoms with van der Waals surface area (Å²) in [5, 5.41) is 9.95. The van der Waals surface area contributed by atoms with Gasteiger partial charge in [-0.05, 0) is 18.2 Å². The monoisotopic (exact) mass is 290 g/mol. The second kappa shape index (κ2) is 5.31. The molecule has 0 unspecified atom stereocenters. The first-order valence-corrected chi connectivity index (χ1v) is 6.22. The number of H-pyrrole nitrogens is 1. The highest BCUT2D eigenvalue weighted by Crippen LogP contribution is 2.26. The van der Waals surface area contributed by atoms with E-state index in [1.54, 1.807) is 18.3 Å². The lowest BCUT2D eigenvalue weighted by atomic mass is 10.1. The average Bonchev–Trinajstić information content (AvgIpc) is 2.98. The molecule has 0 aliphatic heterocycles. The number of aromatic amines is 1. The normalized spacial score (nSPS) is 11.2. The van der Waals surface area contributed by atoms with Gasteiger partial charge in [0.1, 0.15) is 5.82 Å². The van der Waals surface area contributed by atoms with Crippen molar-refractivity contribution in [2.75, 3.05) is 17.6 Å². The van der Waals surface area contributed by atoms with Crippen LogP contribution in [0.1, 0.15) is 0 Å². The third kappa shape index (κ3) is 2.73. The Morgan fingerprint density at radius 1 is 1.24 bits per heavy atom. The number of nitrogens with zero attached hydrogens (tertiary/aromatic N) is 3. The van der Waals surface area contributed by atoms with Gasteiger partial charge in [-0.1, -0.05) is 6.07 Å². The highest BCUT2D eigenvalue weighted by molar-refractivity contribution is 5.92. The Bertz CT molecular complexity index is 757. The maximum atomic E-state index is 12.3. The van der Waals surface area contributed by atoms with Crippen LogP contribution in [0.4, 0.5) is 20.5 Å². The fourth-order valence-electron chi connectivity index (χ4n) is 2.04. The van der Waals surface area contributed by atoms with Crippen molar-refractivity contribution >= 4 is 22.7 Å². The molecule has 0 radical (unpaired) electrons. The van der Waals surface area contributed by atoms with E-state index in [0.717, 1.165) is 11.3 Å². The molecule has 3 aromatic rings. The standard InChI is InChI=1S/C13H12F2N6/c14-11(15)6-17-12-8-2-1-7(9-3-4-18-21-9)5-10(8)19-13(16)20-12/h1-5,11H,6H2,(H,18,21)(H3,16,17,19,20). The van der Waals surface area contributed by atoms with Crippen LogP contribution in [-0.4, -0.2) is 33.1 Å².